The Kier molecular flexibility index (Phi) is 39.0. The van der Waals surface area contributed by atoms with Crippen molar-refractivity contribution in [2.45, 2.75) is 65.3 Å². The first-order chi connectivity index (χ1) is 52.1. The maximum absolute atomic E-state index is 10.9. The topological polar surface area (TPSA) is 533 Å². The summed E-state index contributed by atoms with van der Waals surface area (Å²) in [5.41, 5.74) is -1.21. The van der Waals surface area contributed by atoms with Gasteiger partial charge in [-0.05, 0) is 65.8 Å². The zero-order valence-electron chi connectivity index (χ0n) is 58.9. The second-order valence-corrected chi connectivity index (χ2v) is 25.4. The average molecular weight is 1660 g/mol. The second-order valence-electron chi connectivity index (χ2n) is 22.7. The van der Waals surface area contributed by atoms with Crippen LogP contribution in [0.25, 0.3) is 0 Å². The number of rotatable bonds is 23. The largest absolute Gasteiger partial charge is 0.476 e. The fourth-order valence-corrected chi connectivity index (χ4v) is 11.5. The molecule has 0 bridgehead atoms. The smallest absolute Gasteiger partial charge is 0.356 e. The lowest BCUT2D eigenvalue weighted by Gasteiger charge is -2.28. The number of nitrogens with zero attached hydrogens (tertiary/aromatic N) is 18. The van der Waals surface area contributed by atoms with E-state index in [0.717, 1.165) is 137 Å². The minimum absolute atomic E-state index is 0.0208. The maximum atomic E-state index is 10.9. The van der Waals surface area contributed by atoms with Gasteiger partial charge in [0.15, 0.2) is 51.5 Å². The van der Waals surface area contributed by atoms with E-state index >= 15 is 0 Å². The normalized spacial score (nSPS) is 13.8. The molecule has 11 heterocycles. The standard InChI is InChI=1S/C12H17ClN4O3.C11H15ClN4O3.C10H12ClN3O2.C9H10ClN3O2.C8H10ClN3O2.C7H8ClN3O2.C6H6ClN3O2/c13-9-10(12(18)19)15-8-16-11(9)14-2-1-3-17-4-6-20-7-5-17;12-8-9(11(17)18)14-7-15-10(8)13-1-2-16-3-5-19-6-4-16;11-7-8(10(15)16)12-6-13-9(7)14-4-2-1-3-5-14;10-6-7(9(14)15)11-5-12-8(6)13-3-1-2-4-13;1-4(2)12-7-5(9)6(8(13)14)10-3-11-7;1-2-9-6-4(8)5(7(12)13)10-3-11-6;1-8-5-3(7)4(6(11)12)9-2-10-5/h8H,1-7H2,(H,18,19)(H,14,15,16);7H,1-6H2,(H,17,18)(H,13,14,15);6H,1-5H2,(H,15,16);5H,1-4H2,(H,14,15);3-4H,1-2H3,(H,13,14)(H,10,11,12);3H,2H2,1H3,(H,12,13)(H,9,10,11);2H,1H3,(H,11,12)(H,8,9,10). The van der Waals surface area contributed by atoms with Crippen LogP contribution in [0.15, 0.2) is 44.3 Å². The molecule has 109 heavy (non-hydrogen) atoms. The zero-order chi connectivity index (χ0) is 80.1. The molecule has 4 aliphatic heterocycles. The highest BCUT2D eigenvalue weighted by Crippen LogP contribution is 2.31. The Morgan fingerprint density at radius 2 is 0.661 bits per heavy atom. The number of carboxylic acids is 7. The third-order valence-corrected chi connectivity index (χ3v) is 17.3. The Balaban J connectivity index is 0.000000229. The molecule has 0 atom stereocenters. The quantitative estimate of drug-likeness (QED) is 0.0267. The molecule has 12 N–H and O–H groups in total. The molecule has 4 fully saturated rings. The number of halogens is 7. The average Bonchev–Trinajstić information content (AvgIpc) is 1.82. The molecule has 7 aromatic rings. The number of hydrogen-bond donors (Lipinski definition) is 12. The fourth-order valence-electron chi connectivity index (χ4n) is 9.67. The Hall–Kier alpha value is -9.68. The summed E-state index contributed by atoms with van der Waals surface area (Å²) in [6.45, 7) is 19.6. The molecule has 0 spiro atoms. The van der Waals surface area contributed by atoms with E-state index < -0.39 is 41.8 Å². The number of piperidine rings is 1. The minimum atomic E-state index is -1.17. The Bertz CT molecular complexity index is 4170. The summed E-state index contributed by atoms with van der Waals surface area (Å²) in [5, 5.41) is 76.4. The number of aromatic carboxylic acids is 7. The molecule has 0 saturated carbocycles. The molecule has 46 heteroatoms. The molecule has 0 radical (unpaired) electrons. The van der Waals surface area contributed by atoms with Gasteiger partial charge in [-0.3, -0.25) is 9.80 Å². The van der Waals surface area contributed by atoms with Gasteiger partial charge < -0.3 is 81.6 Å². The molecule has 39 nitrogen and oxygen atoms in total. The molecule has 4 aliphatic rings. The van der Waals surface area contributed by atoms with Crippen LogP contribution in [0.3, 0.4) is 0 Å². The molecule has 4 saturated heterocycles. The molecule has 7 aromatic heterocycles. The van der Waals surface area contributed by atoms with E-state index in [-0.39, 0.29) is 81.1 Å². The van der Waals surface area contributed by atoms with Crippen molar-refractivity contribution in [2.75, 3.05) is 155 Å². The van der Waals surface area contributed by atoms with Gasteiger partial charge in [-0.25, -0.2) is 103 Å². The molecular weight excluding hydrogens is 1580 g/mol. The van der Waals surface area contributed by atoms with Crippen LogP contribution in [0.2, 0.25) is 35.2 Å². The van der Waals surface area contributed by atoms with E-state index in [1.54, 1.807) is 7.05 Å². The summed E-state index contributed by atoms with van der Waals surface area (Å²) in [6, 6.07) is 0.129. The highest BCUT2D eigenvalue weighted by molar-refractivity contribution is 6.38. The van der Waals surface area contributed by atoms with Crippen molar-refractivity contribution in [3.8, 4) is 0 Å². The number of hydrogen-bond acceptors (Lipinski definition) is 32. The van der Waals surface area contributed by atoms with Gasteiger partial charge in [-0.2, -0.15) is 0 Å². The summed E-state index contributed by atoms with van der Waals surface area (Å²) in [4.78, 5) is 136. The van der Waals surface area contributed by atoms with Gasteiger partial charge in [0, 0.05) is 91.6 Å². The van der Waals surface area contributed by atoms with Gasteiger partial charge in [0.25, 0.3) is 0 Å². The molecule has 0 aliphatic carbocycles. The van der Waals surface area contributed by atoms with Crippen LogP contribution >= 0.6 is 81.2 Å². The van der Waals surface area contributed by atoms with E-state index in [4.69, 9.17) is 126 Å². The van der Waals surface area contributed by atoms with Crippen molar-refractivity contribution >= 4 is 164 Å². The number of carbonyl (C=O) groups is 7. The second kappa shape index (κ2) is 47.3. The van der Waals surface area contributed by atoms with E-state index in [0.29, 0.717) is 60.4 Å². The first-order valence-corrected chi connectivity index (χ1v) is 35.7. The molecule has 0 amide bonds. The Labute approximate surface area is 657 Å². The molecule has 0 unspecified atom stereocenters. The van der Waals surface area contributed by atoms with Gasteiger partial charge in [-0.1, -0.05) is 81.2 Å². The fraction of sp³-hybridized carbons (Fsp3) is 0.444. The first kappa shape index (κ1) is 89.9. The van der Waals surface area contributed by atoms with Crippen molar-refractivity contribution in [2.24, 2.45) is 0 Å². The molecular formula is C63H78Cl7N23O16. The highest BCUT2D eigenvalue weighted by Gasteiger charge is 2.25. The third kappa shape index (κ3) is 29.0. The number of carboxylic acid groups (broad SMARTS) is 7. The first-order valence-electron chi connectivity index (χ1n) is 33.0. The zero-order valence-corrected chi connectivity index (χ0v) is 64.2. The summed E-state index contributed by atoms with van der Waals surface area (Å²) in [5.74, 6) is -5.28. The Morgan fingerprint density at radius 3 is 1.00 bits per heavy atom. The highest BCUT2D eigenvalue weighted by atomic mass is 35.5. The van der Waals surface area contributed by atoms with E-state index in [1.807, 2.05) is 30.6 Å². The van der Waals surface area contributed by atoms with Crippen LogP contribution in [0.4, 0.5) is 40.7 Å². The van der Waals surface area contributed by atoms with E-state index in [9.17, 15) is 33.6 Å². The van der Waals surface area contributed by atoms with Crippen LogP contribution in [-0.2, 0) is 9.47 Å². The van der Waals surface area contributed by atoms with Gasteiger partial charge in [-0.15, -0.1) is 0 Å². The predicted molar refractivity (Wildman–Crippen MR) is 404 cm³/mol. The van der Waals surface area contributed by atoms with Crippen LogP contribution in [0.1, 0.15) is 133 Å². The summed E-state index contributed by atoms with van der Waals surface area (Å²) >= 11 is 40.9. The van der Waals surface area contributed by atoms with Gasteiger partial charge in [0.2, 0.25) is 0 Å². The van der Waals surface area contributed by atoms with E-state index in [1.165, 1.54) is 38.1 Å². The number of anilines is 7. The van der Waals surface area contributed by atoms with Gasteiger partial charge in [0.05, 0.1) is 26.4 Å². The minimum Gasteiger partial charge on any atom is -0.476 e. The van der Waals surface area contributed by atoms with Gasteiger partial charge >= 0.3 is 41.8 Å². The number of morpholine rings is 2. The SMILES string of the molecule is CC(C)Nc1ncnc(C(=O)O)c1Cl.CCNc1ncnc(C(=O)O)c1Cl.CNc1ncnc(C(=O)O)c1Cl.O=C(O)c1ncnc(N2CCCC2)c1Cl.O=C(O)c1ncnc(N2CCCCC2)c1Cl.O=C(O)c1ncnc(NCCCN2CCOCC2)c1Cl.O=C(O)c1ncnc(NCCN2CCOCC2)c1Cl. The lowest BCUT2D eigenvalue weighted by Crippen LogP contribution is -2.39. The van der Waals surface area contributed by atoms with Crippen LogP contribution in [-0.4, -0.2) is 282 Å². The molecule has 0 aromatic carbocycles. The number of ether oxygens (including phenoxy) is 2. The van der Waals surface area contributed by atoms with Crippen LogP contribution < -0.4 is 36.4 Å². The number of aromatic nitrogens is 14. The monoisotopic (exact) mass is 1660 g/mol. The van der Waals surface area contributed by atoms with Crippen LogP contribution in [0.5, 0.6) is 0 Å². The lowest BCUT2D eigenvalue weighted by atomic mass is 10.1. The van der Waals surface area contributed by atoms with E-state index in [2.05, 4.69) is 106 Å². The maximum Gasteiger partial charge on any atom is 0.356 e. The predicted octanol–water partition coefficient (Wildman–Crippen LogP) is 8.56. The Morgan fingerprint density at radius 1 is 0.376 bits per heavy atom. The lowest BCUT2D eigenvalue weighted by molar-refractivity contribution is 0.0378. The van der Waals surface area contributed by atoms with Crippen molar-refractivity contribution in [1.29, 1.82) is 0 Å². The van der Waals surface area contributed by atoms with Crippen LogP contribution in [0, 0.1) is 0 Å². The van der Waals surface area contributed by atoms with Gasteiger partial charge in [0.1, 0.15) is 109 Å². The molecule has 590 valence electrons. The summed E-state index contributed by atoms with van der Waals surface area (Å²) < 4.78 is 10.5. The van der Waals surface area contributed by atoms with Crippen molar-refractivity contribution in [3.05, 3.63) is 119 Å². The molecule has 11 rings (SSSR count). The van der Waals surface area contributed by atoms with Crippen molar-refractivity contribution in [1.82, 2.24) is 79.6 Å². The summed E-state index contributed by atoms with van der Waals surface area (Å²) in [6.07, 6.45) is 14.8. The number of nitrogens with one attached hydrogen (secondary N) is 5. The third-order valence-electron chi connectivity index (χ3n) is 14.8. The van der Waals surface area contributed by atoms with Crippen molar-refractivity contribution < 1.29 is 78.8 Å². The summed E-state index contributed by atoms with van der Waals surface area (Å²) in [7, 11) is 1.60. The van der Waals surface area contributed by atoms with Crippen molar-refractivity contribution in [3.63, 3.8) is 0 Å².